The molecule has 94 valence electrons. The maximum absolute atomic E-state index is 11.8. The van der Waals surface area contributed by atoms with Gasteiger partial charge in [0.15, 0.2) is 15.5 Å². The Morgan fingerprint density at radius 1 is 1.65 bits per heavy atom. The van der Waals surface area contributed by atoms with Crippen LogP contribution in [0.3, 0.4) is 0 Å². The molecule has 0 aliphatic carbocycles. The first-order valence-electron chi connectivity index (χ1n) is 5.18. The summed E-state index contributed by atoms with van der Waals surface area (Å²) >= 11 is 7.98. The van der Waals surface area contributed by atoms with Gasteiger partial charge in [-0.2, -0.15) is 0 Å². The van der Waals surface area contributed by atoms with Crippen LogP contribution >= 0.6 is 28.1 Å². The molecule has 1 heterocycles. The van der Waals surface area contributed by atoms with Gasteiger partial charge in [0.1, 0.15) is 0 Å². The number of thiocarbonyl (C=S) groups is 1. The van der Waals surface area contributed by atoms with E-state index in [-0.39, 0.29) is 16.8 Å². The molecule has 0 saturated carbocycles. The van der Waals surface area contributed by atoms with E-state index in [9.17, 15) is 4.79 Å². The van der Waals surface area contributed by atoms with E-state index in [0.29, 0.717) is 11.2 Å². The highest BCUT2D eigenvalue weighted by molar-refractivity contribution is 9.10. The highest BCUT2D eigenvalue weighted by Crippen LogP contribution is 2.13. The second kappa shape index (κ2) is 6.61. The standard InChI is InChI=1S/C10H14BrN3O2S/c1-2-3-6-14(10(12)17)13-9(15)7-4-5-8(11)16-7/h4-5H,2-3,6H2,1H3,(H2,12,17)(H,13,15). The molecular weight excluding hydrogens is 306 g/mol. The Bertz CT molecular complexity index is 408. The zero-order valence-corrected chi connectivity index (χ0v) is 11.8. The van der Waals surface area contributed by atoms with Gasteiger partial charge in [-0.05, 0) is 46.7 Å². The summed E-state index contributed by atoms with van der Waals surface area (Å²) in [5, 5.41) is 1.58. The highest BCUT2D eigenvalue weighted by Gasteiger charge is 2.14. The molecule has 17 heavy (non-hydrogen) atoms. The van der Waals surface area contributed by atoms with E-state index in [1.807, 2.05) is 6.92 Å². The lowest BCUT2D eigenvalue weighted by atomic mass is 10.3. The number of nitrogens with one attached hydrogen (secondary N) is 1. The van der Waals surface area contributed by atoms with Crippen molar-refractivity contribution in [2.75, 3.05) is 6.54 Å². The van der Waals surface area contributed by atoms with Gasteiger partial charge >= 0.3 is 5.91 Å². The molecule has 0 unspecified atom stereocenters. The summed E-state index contributed by atoms with van der Waals surface area (Å²) in [4.78, 5) is 11.8. The number of hydrogen-bond acceptors (Lipinski definition) is 3. The van der Waals surface area contributed by atoms with Crippen LogP contribution in [0.4, 0.5) is 0 Å². The van der Waals surface area contributed by atoms with Gasteiger partial charge < -0.3 is 10.2 Å². The third-order valence-corrected chi connectivity index (χ3v) is 2.68. The second-order valence-corrected chi connectivity index (χ2v) is 4.59. The summed E-state index contributed by atoms with van der Waals surface area (Å²) in [6.07, 6.45) is 1.88. The highest BCUT2D eigenvalue weighted by atomic mass is 79.9. The Morgan fingerprint density at radius 2 is 2.35 bits per heavy atom. The molecule has 0 saturated heterocycles. The topological polar surface area (TPSA) is 71.5 Å². The number of furan rings is 1. The van der Waals surface area contributed by atoms with Crippen LogP contribution in [-0.2, 0) is 0 Å². The van der Waals surface area contributed by atoms with Crippen molar-refractivity contribution in [3.05, 3.63) is 22.6 Å². The molecule has 1 rings (SSSR count). The second-order valence-electron chi connectivity index (χ2n) is 3.39. The van der Waals surface area contributed by atoms with E-state index < -0.39 is 0 Å². The third kappa shape index (κ3) is 4.35. The van der Waals surface area contributed by atoms with Crippen LogP contribution in [-0.4, -0.2) is 22.6 Å². The molecule has 7 heteroatoms. The summed E-state index contributed by atoms with van der Waals surface area (Å²) in [6, 6.07) is 3.21. The smallest absolute Gasteiger partial charge is 0.305 e. The number of carbonyl (C=O) groups is 1. The van der Waals surface area contributed by atoms with Gasteiger partial charge in [-0.1, -0.05) is 13.3 Å². The van der Waals surface area contributed by atoms with Gasteiger partial charge in [-0.3, -0.25) is 15.2 Å². The molecule has 0 aliphatic heterocycles. The Morgan fingerprint density at radius 3 is 2.82 bits per heavy atom. The minimum atomic E-state index is -0.375. The molecule has 0 aromatic carbocycles. The van der Waals surface area contributed by atoms with Crippen LogP contribution in [0, 0.1) is 0 Å². The van der Waals surface area contributed by atoms with E-state index in [0.717, 1.165) is 12.8 Å². The van der Waals surface area contributed by atoms with Gasteiger partial charge in [0.25, 0.3) is 0 Å². The largest absolute Gasteiger partial charge is 0.444 e. The molecule has 0 atom stereocenters. The Balaban J connectivity index is 2.60. The maximum Gasteiger partial charge on any atom is 0.305 e. The zero-order valence-electron chi connectivity index (χ0n) is 9.40. The number of halogens is 1. The van der Waals surface area contributed by atoms with Crippen molar-refractivity contribution < 1.29 is 9.21 Å². The molecule has 0 spiro atoms. The minimum absolute atomic E-state index is 0.137. The van der Waals surface area contributed by atoms with Crippen LogP contribution in [0.25, 0.3) is 0 Å². The molecule has 1 aromatic rings. The fourth-order valence-electron chi connectivity index (χ4n) is 1.15. The van der Waals surface area contributed by atoms with Crippen molar-refractivity contribution >= 4 is 39.2 Å². The van der Waals surface area contributed by atoms with Gasteiger partial charge in [0, 0.05) is 6.54 Å². The predicted octanol–water partition coefficient (Wildman–Crippen LogP) is 2.03. The van der Waals surface area contributed by atoms with Crippen LogP contribution in [0.2, 0.25) is 0 Å². The summed E-state index contributed by atoms with van der Waals surface area (Å²) in [5.74, 6) is -0.172. The maximum atomic E-state index is 11.8. The van der Waals surface area contributed by atoms with Gasteiger partial charge in [-0.15, -0.1) is 0 Å². The zero-order chi connectivity index (χ0) is 12.8. The molecule has 0 aliphatic rings. The first kappa shape index (κ1) is 14.0. The molecule has 5 nitrogen and oxygen atoms in total. The van der Waals surface area contributed by atoms with Crippen molar-refractivity contribution in [3.63, 3.8) is 0 Å². The van der Waals surface area contributed by atoms with Crippen LogP contribution in [0.15, 0.2) is 21.2 Å². The molecule has 0 radical (unpaired) electrons. The lowest BCUT2D eigenvalue weighted by Gasteiger charge is -2.22. The monoisotopic (exact) mass is 319 g/mol. The van der Waals surface area contributed by atoms with E-state index >= 15 is 0 Å². The fraction of sp³-hybridized carbons (Fsp3) is 0.400. The molecule has 1 amide bonds. The van der Waals surface area contributed by atoms with Crippen molar-refractivity contribution in [2.45, 2.75) is 19.8 Å². The number of unbranched alkanes of at least 4 members (excludes halogenated alkanes) is 1. The quantitative estimate of drug-likeness (QED) is 0.656. The number of amides is 1. The van der Waals surface area contributed by atoms with Crippen LogP contribution in [0.1, 0.15) is 30.3 Å². The summed E-state index contributed by atoms with van der Waals surface area (Å²) in [6.45, 7) is 2.63. The van der Waals surface area contributed by atoms with E-state index in [2.05, 4.69) is 21.4 Å². The normalized spacial score (nSPS) is 10.0. The summed E-state index contributed by atoms with van der Waals surface area (Å²) in [7, 11) is 0. The molecule has 1 aromatic heterocycles. The number of hydrogen-bond donors (Lipinski definition) is 2. The lowest BCUT2D eigenvalue weighted by molar-refractivity contribution is 0.0839. The molecule has 0 fully saturated rings. The van der Waals surface area contributed by atoms with Crippen molar-refractivity contribution in [1.29, 1.82) is 0 Å². The number of nitrogens with zero attached hydrogens (tertiary/aromatic N) is 1. The van der Waals surface area contributed by atoms with Gasteiger partial charge in [-0.25, -0.2) is 0 Å². The van der Waals surface area contributed by atoms with E-state index in [1.165, 1.54) is 5.01 Å². The van der Waals surface area contributed by atoms with Crippen molar-refractivity contribution in [2.24, 2.45) is 5.73 Å². The number of rotatable bonds is 4. The lowest BCUT2D eigenvalue weighted by Crippen LogP contribution is -2.49. The van der Waals surface area contributed by atoms with Crippen molar-refractivity contribution in [1.82, 2.24) is 10.4 Å². The molecular formula is C10H14BrN3O2S. The molecule has 0 bridgehead atoms. The predicted molar refractivity (Wildman–Crippen MR) is 72.3 cm³/mol. The van der Waals surface area contributed by atoms with Gasteiger partial charge in [0.05, 0.1) is 0 Å². The number of nitrogens with two attached hydrogens (primary N) is 1. The van der Waals surface area contributed by atoms with Crippen molar-refractivity contribution in [3.8, 4) is 0 Å². The molecule has 3 N–H and O–H groups in total. The van der Waals surface area contributed by atoms with Crippen LogP contribution in [0.5, 0.6) is 0 Å². The van der Waals surface area contributed by atoms with E-state index in [1.54, 1.807) is 12.1 Å². The summed E-state index contributed by atoms with van der Waals surface area (Å²) in [5.41, 5.74) is 8.11. The fourth-order valence-corrected chi connectivity index (χ4v) is 1.59. The third-order valence-electron chi connectivity index (χ3n) is 2.03. The average molecular weight is 320 g/mol. The number of hydrazine groups is 1. The number of carbonyl (C=O) groups excluding carboxylic acids is 1. The first-order chi connectivity index (χ1) is 8.04. The minimum Gasteiger partial charge on any atom is -0.444 e. The average Bonchev–Trinajstić information content (AvgIpc) is 2.70. The van der Waals surface area contributed by atoms with Crippen LogP contribution < -0.4 is 11.2 Å². The first-order valence-corrected chi connectivity index (χ1v) is 6.38. The summed E-state index contributed by atoms with van der Waals surface area (Å²) < 4.78 is 5.62. The Labute approximate surface area is 113 Å². The van der Waals surface area contributed by atoms with E-state index in [4.69, 9.17) is 22.4 Å². The van der Waals surface area contributed by atoms with Gasteiger partial charge in [0.2, 0.25) is 0 Å². The SMILES string of the molecule is CCCCN(NC(=O)c1ccc(Br)o1)C(N)=S. The Kier molecular flexibility index (Phi) is 5.43. The Hall–Kier alpha value is -1.08.